The van der Waals surface area contributed by atoms with E-state index in [0.29, 0.717) is 6.61 Å². The maximum atomic E-state index is 11.5. The molecule has 108 valence electrons. The van der Waals surface area contributed by atoms with Gasteiger partial charge in [-0.05, 0) is 31.0 Å². The highest BCUT2D eigenvalue weighted by atomic mass is 79.9. The van der Waals surface area contributed by atoms with Crippen molar-refractivity contribution >= 4 is 21.9 Å². The predicted molar refractivity (Wildman–Crippen MR) is 85.2 cm³/mol. The Balaban J connectivity index is 2.42. The molecule has 0 fully saturated rings. The van der Waals surface area contributed by atoms with Gasteiger partial charge in [0.25, 0.3) is 0 Å². The molecule has 0 saturated carbocycles. The normalized spacial score (nSPS) is 13.0. The zero-order chi connectivity index (χ0) is 15.0. The summed E-state index contributed by atoms with van der Waals surface area (Å²) < 4.78 is 6.07. The minimum atomic E-state index is -0.131. The molecule has 0 heterocycles. The highest BCUT2D eigenvalue weighted by Crippen LogP contribution is 2.13. The van der Waals surface area contributed by atoms with Crippen LogP contribution in [0.2, 0.25) is 0 Å². The van der Waals surface area contributed by atoms with E-state index in [9.17, 15) is 4.79 Å². The van der Waals surface area contributed by atoms with E-state index in [-0.39, 0.29) is 17.8 Å². The smallest absolute Gasteiger partial charge is 0.308 e. The molecule has 2 nitrogen and oxygen atoms in total. The van der Waals surface area contributed by atoms with Gasteiger partial charge in [0, 0.05) is 16.8 Å². The summed E-state index contributed by atoms with van der Waals surface area (Å²) in [4.78, 5) is 11.5. The summed E-state index contributed by atoms with van der Waals surface area (Å²) in [6, 6.07) is 8.15. The Hall–Kier alpha value is -1.27. The molecule has 2 unspecified atom stereocenters. The van der Waals surface area contributed by atoms with Crippen molar-refractivity contribution in [2.45, 2.75) is 33.6 Å². The van der Waals surface area contributed by atoms with Gasteiger partial charge in [0.1, 0.15) is 0 Å². The SMILES string of the molecule is CCOC(=O)C(C)CC(C)C#CCc1ccc(Br)cc1. The van der Waals surface area contributed by atoms with Crippen LogP contribution in [-0.2, 0) is 16.0 Å². The fraction of sp³-hybridized carbons (Fsp3) is 0.471. The lowest BCUT2D eigenvalue weighted by molar-refractivity contribution is -0.147. The van der Waals surface area contributed by atoms with Gasteiger partial charge in [-0.1, -0.05) is 53.8 Å². The Labute approximate surface area is 130 Å². The first kappa shape index (κ1) is 16.8. The number of carbonyl (C=O) groups is 1. The van der Waals surface area contributed by atoms with E-state index in [0.717, 1.165) is 17.3 Å². The molecule has 0 saturated heterocycles. The molecular weight excluding hydrogens is 316 g/mol. The maximum Gasteiger partial charge on any atom is 0.308 e. The van der Waals surface area contributed by atoms with Crippen molar-refractivity contribution in [1.29, 1.82) is 0 Å². The number of halogens is 1. The van der Waals surface area contributed by atoms with Crippen LogP contribution in [0.4, 0.5) is 0 Å². The molecule has 0 aliphatic rings. The van der Waals surface area contributed by atoms with Crippen LogP contribution in [0, 0.1) is 23.7 Å². The minimum absolute atomic E-state index is 0.0908. The average molecular weight is 337 g/mol. The molecule has 0 aliphatic carbocycles. The molecule has 1 aromatic carbocycles. The van der Waals surface area contributed by atoms with E-state index in [2.05, 4.69) is 39.9 Å². The molecule has 3 heteroatoms. The van der Waals surface area contributed by atoms with E-state index in [4.69, 9.17) is 4.74 Å². The number of hydrogen-bond acceptors (Lipinski definition) is 2. The van der Waals surface area contributed by atoms with E-state index in [1.807, 2.05) is 32.9 Å². The lowest BCUT2D eigenvalue weighted by Crippen LogP contribution is -2.16. The van der Waals surface area contributed by atoms with Crippen molar-refractivity contribution in [3.8, 4) is 11.8 Å². The number of benzene rings is 1. The van der Waals surface area contributed by atoms with Gasteiger partial charge in [-0.25, -0.2) is 0 Å². The summed E-state index contributed by atoms with van der Waals surface area (Å²) in [6.45, 7) is 6.20. The first-order valence-corrected chi connectivity index (χ1v) is 7.71. The molecule has 0 N–H and O–H groups in total. The molecule has 0 spiro atoms. The second-order valence-corrected chi connectivity index (χ2v) is 5.83. The van der Waals surface area contributed by atoms with Crippen LogP contribution in [0.5, 0.6) is 0 Å². The number of ether oxygens (including phenoxy) is 1. The standard InChI is InChI=1S/C17H21BrO2/c1-4-20-17(19)14(3)12-13(2)6-5-7-15-8-10-16(18)11-9-15/h8-11,13-14H,4,7,12H2,1-3H3. The Bertz CT molecular complexity index is 482. The van der Waals surface area contributed by atoms with Gasteiger partial charge in [-0.2, -0.15) is 0 Å². The summed E-state index contributed by atoms with van der Waals surface area (Å²) in [5, 5.41) is 0. The van der Waals surface area contributed by atoms with Crippen LogP contribution in [0.1, 0.15) is 32.8 Å². The molecule has 0 aliphatic heterocycles. The molecule has 1 aromatic rings. The Morgan fingerprint density at radius 2 is 1.95 bits per heavy atom. The molecule has 1 rings (SSSR count). The van der Waals surface area contributed by atoms with Gasteiger partial charge < -0.3 is 4.74 Å². The van der Waals surface area contributed by atoms with E-state index in [1.54, 1.807) is 0 Å². The van der Waals surface area contributed by atoms with Crippen LogP contribution in [0.15, 0.2) is 28.7 Å². The lowest BCUT2D eigenvalue weighted by atomic mass is 9.97. The summed E-state index contributed by atoms with van der Waals surface area (Å²) in [5.41, 5.74) is 1.20. The summed E-state index contributed by atoms with van der Waals surface area (Å²) in [6.07, 6.45) is 1.48. The quantitative estimate of drug-likeness (QED) is 0.594. The van der Waals surface area contributed by atoms with Gasteiger partial charge in [0.15, 0.2) is 0 Å². The van der Waals surface area contributed by atoms with Gasteiger partial charge >= 0.3 is 5.97 Å². The average Bonchev–Trinajstić information content (AvgIpc) is 2.41. The van der Waals surface area contributed by atoms with Crippen LogP contribution in [0.25, 0.3) is 0 Å². The van der Waals surface area contributed by atoms with Crippen molar-refractivity contribution in [3.63, 3.8) is 0 Å². The second kappa shape index (κ2) is 8.81. The first-order chi connectivity index (χ1) is 9.52. The van der Waals surface area contributed by atoms with Gasteiger partial charge in [0.05, 0.1) is 12.5 Å². The zero-order valence-electron chi connectivity index (χ0n) is 12.3. The number of carbonyl (C=O) groups excluding carboxylic acids is 1. The third kappa shape index (κ3) is 6.25. The lowest BCUT2D eigenvalue weighted by Gasteiger charge is -2.11. The van der Waals surface area contributed by atoms with Gasteiger partial charge in [-0.15, -0.1) is 0 Å². The Kier molecular flexibility index (Phi) is 7.40. The maximum absolute atomic E-state index is 11.5. The van der Waals surface area contributed by atoms with Crippen LogP contribution >= 0.6 is 15.9 Å². The van der Waals surface area contributed by atoms with E-state index < -0.39 is 0 Å². The van der Waals surface area contributed by atoms with Crippen molar-refractivity contribution in [1.82, 2.24) is 0 Å². The number of hydrogen-bond donors (Lipinski definition) is 0. The highest BCUT2D eigenvalue weighted by Gasteiger charge is 2.15. The van der Waals surface area contributed by atoms with E-state index >= 15 is 0 Å². The van der Waals surface area contributed by atoms with Crippen LogP contribution in [0.3, 0.4) is 0 Å². The number of esters is 1. The molecule has 0 radical (unpaired) electrons. The molecular formula is C17H21BrO2. The van der Waals surface area contributed by atoms with Crippen molar-refractivity contribution in [3.05, 3.63) is 34.3 Å². The third-order valence-electron chi connectivity index (χ3n) is 2.95. The molecule has 2 atom stereocenters. The number of rotatable bonds is 5. The second-order valence-electron chi connectivity index (χ2n) is 4.91. The largest absolute Gasteiger partial charge is 0.466 e. The third-order valence-corrected chi connectivity index (χ3v) is 3.48. The molecule has 0 amide bonds. The molecule has 20 heavy (non-hydrogen) atoms. The summed E-state index contributed by atoms with van der Waals surface area (Å²) in [5.74, 6) is 6.36. The zero-order valence-corrected chi connectivity index (χ0v) is 13.9. The summed E-state index contributed by atoms with van der Waals surface area (Å²) >= 11 is 3.41. The predicted octanol–water partition coefficient (Wildman–Crippen LogP) is 4.22. The summed E-state index contributed by atoms with van der Waals surface area (Å²) in [7, 11) is 0. The van der Waals surface area contributed by atoms with Gasteiger partial charge in [0.2, 0.25) is 0 Å². The van der Waals surface area contributed by atoms with Crippen molar-refractivity contribution < 1.29 is 9.53 Å². The van der Waals surface area contributed by atoms with Crippen molar-refractivity contribution in [2.75, 3.05) is 6.61 Å². The topological polar surface area (TPSA) is 26.3 Å². The van der Waals surface area contributed by atoms with Crippen LogP contribution < -0.4 is 0 Å². The van der Waals surface area contributed by atoms with E-state index in [1.165, 1.54) is 5.56 Å². The van der Waals surface area contributed by atoms with Gasteiger partial charge in [-0.3, -0.25) is 4.79 Å². The fourth-order valence-electron chi connectivity index (χ4n) is 1.90. The van der Waals surface area contributed by atoms with Crippen LogP contribution in [-0.4, -0.2) is 12.6 Å². The Morgan fingerprint density at radius 1 is 1.30 bits per heavy atom. The molecule has 0 bridgehead atoms. The first-order valence-electron chi connectivity index (χ1n) is 6.92. The highest BCUT2D eigenvalue weighted by molar-refractivity contribution is 9.10. The monoisotopic (exact) mass is 336 g/mol. The Morgan fingerprint density at radius 3 is 2.55 bits per heavy atom. The molecule has 0 aromatic heterocycles. The van der Waals surface area contributed by atoms with Crippen molar-refractivity contribution in [2.24, 2.45) is 11.8 Å². The fourth-order valence-corrected chi connectivity index (χ4v) is 2.16. The minimum Gasteiger partial charge on any atom is -0.466 e.